The third-order valence-electron chi connectivity index (χ3n) is 5.96. The van der Waals surface area contributed by atoms with E-state index in [2.05, 4.69) is 20.2 Å². The van der Waals surface area contributed by atoms with Gasteiger partial charge in [0.25, 0.3) is 11.8 Å². The summed E-state index contributed by atoms with van der Waals surface area (Å²) in [6, 6.07) is 3.61. The fourth-order valence-corrected chi connectivity index (χ4v) is 4.27. The fraction of sp³-hybridized carbons (Fsp3) is 0.571. The summed E-state index contributed by atoms with van der Waals surface area (Å²) in [5.41, 5.74) is 0.772. The van der Waals surface area contributed by atoms with Crippen molar-refractivity contribution < 1.29 is 14.0 Å². The molecule has 0 spiro atoms. The zero-order valence-electron chi connectivity index (χ0n) is 16.9. The minimum absolute atomic E-state index is 0.0972. The number of nitrogens with one attached hydrogen (secondary N) is 2. The van der Waals surface area contributed by atoms with Crippen molar-refractivity contribution in [1.82, 2.24) is 25.1 Å². The predicted molar refractivity (Wildman–Crippen MR) is 108 cm³/mol. The summed E-state index contributed by atoms with van der Waals surface area (Å²) >= 11 is 0. The van der Waals surface area contributed by atoms with E-state index in [9.17, 15) is 9.59 Å². The predicted octanol–water partition coefficient (Wildman–Crippen LogP) is 2.58. The monoisotopic (exact) mass is 399 g/mol. The number of H-pyrrole nitrogens is 1. The molecule has 8 nitrogen and oxygen atoms in total. The molecule has 0 unspecified atom stereocenters. The molecular formula is C21H29N5O3. The molecule has 4 rings (SSSR count). The summed E-state index contributed by atoms with van der Waals surface area (Å²) in [4.78, 5) is 36.6. The van der Waals surface area contributed by atoms with Crippen LogP contribution in [0.5, 0.6) is 0 Å². The maximum Gasteiger partial charge on any atom is 0.275 e. The summed E-state index contributed by atoms with van der Waals surface area (Å²) in [6.45, 7) is 5.67. The van der Waals surface area contributed by atoms with Crippen LogP contribution in [0, 0.1) is 0 Å². The number of aromatic amines is 1. The molecule has 8 heteroatoms. The zero-order chi connectivity index (χ0) is 20.2. The minimum Gasteiger partial charge on any atom is -0.446 e. The molecule has 2 N–H and O–H groups in total. The number of nitrogens with zero attached hydrogens (tertiary/aromatic N) is 3. The van der Waals surface area contributed by atoms with Crippen molar-refractivity contribution >= 4 is 11.8 Å². The third kappa shape index (κ3) is 4.53. The molecule has 4 heterocycles. The number of carbonyl (C=O) groups is 2. The lowest BCUT2D eigenvalue weighted by atomic mass is 10.00. The van der Waals surface area contributed by atoms with Crippen LogP contribution in [0.4, 0.5) is 0 Å². The van der Waals surface area contributed by atoms with Crippen molar-refractivity contribution in [3.63, 3.8) is 0 Å². The Bertz CT molecular complexity index is 817. The lowest BCUT2D eigenvalue weighted by molar-refractivity contribution is 0.0584. The van der Waals surface area contributed by atoms with Crippen LogP contribution in [0.3, 0.4) is 0 Å². The zero-order valence-corrected chi connectivity index (χ0v) is 16.9. The molecule has 2 amide bonds. The van der Waals surface area contributed by atoms with Crippen LogP contribution in [0.1, 0.15) is 71.9 Å². The van der Waals surface area contributed by atoms with Crippen LogP contribution in [0.25, 0.3) is 0 Å². The molecule has 2 aliphatic rings. The van der Waals surface area contributed by atoms with Gasteiger partial charge >= 0.3 is 0 Å². The smallest absolute Gasteiger partial charge is 0.275 e. The van der Waals surface area contributed by atoms with E-state index in [4.69, 9.17) is 4.42 Å². The standard InChI is InChI=1S/C21H29N5O3/c1-15(23-19(27)17-6-5-9-22-17)20-24-18(14-29-20)21(28)26-12-7-16(8-13-26)25-10-3-2-4-11-25/h5-6,9,14-16,22H,2-4,7-8,10-13H2,1H3,(H,23,27)/t15-/m0/s1. The van der Waals surface area contributed by atoms with Gasteiger partial charge in [-0.15, -0.1) is 0 Å². The second kappa shape index (κ2) is 8.82. The molecule has 0 radical (unpaired) electrons. The van der Waals surface area contributed by atoms with Gasteiger partial charge in [-0.05, 0) is 57.8 Å². The van der Waals surface area contributed by atoms with Crippen molar-refractivity contribution in [1.29, 1.82) is 0 Å². The molecular weight excluding hydrogens is 370 g/mol. The second-order valence-corrected chi connectivity index (χ2v) is 7.97. The average Bonchev–Trinajstić information content (AvgIpc) is 3.46. The highest BCUT2D eigenvalue weighted by molar-refractivity contribution is 5.93. The average molecular weight is 399 g/mol. The van der Waals surface area contributed by atoms with Gasteiger partial charge in [0, 0.05) is 25.3 Å². The summed E-state index contributed by atoms with van der Waals surface area (Å²) in [5, 5.41) is 2.82. The van der Waals surface area contributed by atoms with Crippen molar-refractivity contribution in [3.05, 3.63) is 41.9 Å². The molecule has 0 saturated carbocycles. The summed E-state index contributed by atoms with van der Waals surface area (Å²) < 4.78 is 5.48. The van der Waals surface area contributed by atoms with E-state index in [0.717, 1.165) is 25.9 Å². The highest BCUT2D eigenvalue weighted by Crippen LogP contribution is 2.22. The first kappa shape index (κ1) is 19.7. The van der Waals surface area contributed by atoms with Crippen LogP contribution in [-0.2, 0) is 0 Å². The number of amides is 2. The fourth-order valence-electron chi connectivity index (χ4n) is 4.27. The SMILES string of the molecule is C[C@H](NC(=O)c1ccc[nH]1)c1nc(C(=O)N2CCC(N3CCCCC3)CC2)co1. The highest BCUT2D eigenvalue weighted by Gasteiger charge is 2.29. The van der Waals surface area contributed by atoms with Crippen molar-refractivity contribution in [2.24, 2.45) is 0 Å². The van der Waals surface area contributed by atoms with Gasteiger partial charge in [-0.3, -0.25) is 9.59 Å². The van der Waals surface area contributed by atoms with E-state index in [-0.39, 0.29) is 11.8 Å². The minimum atomic E-state index is -0.433. The quantitative estimate of drug-likeness (QED) is 0.806. The molecule has 1 atom stereocenters. The summed E-state index contributed by atoms with van der Waals surface area (Å²) in [7, 11) is 0. The highest BCUT2D eigenvalue weighted by atomic mass is 16.3. The van der Waals surface area contributed by atoms with Crippen molar-refractivity contribution in [2.75, 3.05) is 26.2 Å². The van der Waals surface area contributed by atoms with Gasteiger partial charge in [0.05, 0.1) is 0 Å². The number of hydrogen-bond acceptors (Lipinski definition) is 5. The lowest BCUT2D eigenvalue weighted by Gasteiger charge is -2.40. The molecule has 0 bridgehead atoms. The number of oxazole rings is 1. The molecule has 156 valence electrons. The van der Waals surface area contributed by atoms with Gasteiger partial charge in [-0.1, -0.05) is 6.42 Å². The Morgan fingerprint density at radius 3 is 2.66 bits per heavy atom. The van der Waals surface area contributed by atoms with Crippen LogP contribution in [-0.4, -0.2) is 63.8 Å². The summed E-state index contributed by atoms with van der Waals surface area (Å²) in [5.74, 6) is -0.00944. The molecule has 0 aliphatic carbocycles. The van der Waals surface area contributed by atoms with E-state index >= 15 is 0 Å². The molecule has 2 fully saturated rings. The van der Waals surface area contributed by atoms with E-state index in [1.807, 2.05) is 4.90 Å². The van der Waals surface area contributed by atoms with E-state index in [1.165, 1.54) is 38.6 Å². The Hall–Kier alpha value is -2.61. The topological polar surface area (TPSA) is 94.5 Å². The van der Waals surface area contributed by atoms with Crippen molar-refractivity contribution in [2.45, 2.75) is 51.1 Å². The summed E-state index contributed by atoms with van der Waals surface area (Å²) in [6.07, 6.45) is 9.03. The number of piperidine rings is 2. The number of likely N-dealkylation sites (tertiary alicyclic amines) is 2. The Morgan fingerprint density at radius 1 is 1.21 bits per heavy atom. The Morgan fingerprint density at radius 2 is 1.97 bits per heavy atom. The van der Waals surface area contributed by atoms with Gasteiger partial charge in [-0.2, -0.15) is 0 Å². The van der Waals surface area contributed by atoms with E-state index in [0.29, 0.717) is 23.3 Å². The maximum atomic E-state index is 12.8. The first-order valence-corrected chi connectivity index (χ1v) is 10.5. The van der Waals surface area contributed by atoms with Gasteiger partial charge in [0.2, 0.25) is 5.89 Å². The Kier molecular flexibility index (Phi) is 5.99. The van der Waals surface area contributed by atoms with Gasteiger partial charge in [-0.25, -0.2) is 4.98 Å². The van der Waals surface area contributed by atoms with Crippen LogP contribution in [0.2, 0.25) is 0 Å². The molecule has 2 aliphatic heterocycles. The van der Waals surface area contributed by atoms with Crippen LogP contribution < -0.4 is 5.32 Å². The molecule has 0 aromatic carbocycles. The van der Waals surface area contributed by atoms with Gasteiger partial charge in [0.1, 0.15) is 18.0 Å². The second-order valence-electron chi connectivity index (χ2n) is 7.97. The first-order valence-electron chi connectivity index (χ1n) is 10.5. The molecule has 2 saturated heterocycles. The molecule has 29 heavy (non-hydrogen) atoms. The van der Waals surface area contributed by atoms with Gasteiger partial charge < -0.3 is 24.5 Å². The normalized spacial score (nSPS) is 19.8. The number of aromatic nitrogens is 2. The number of hydrogen-bond donors (Lipinski definition) is 2. The largest absolute Gasteiger partial charge is 0.446 e. The van der Waals surface area contributed by atoms with Crippen molar-refractivity contribution in [3.8, 4) is 0 Å². The van der Waals surface area contributed by atoms with Crippen LogP contribution in [0.15, 0.2) is 29.0 Å². The van der Waals surface area contributed by atoms with E-state index in [1.54, 1.807) is 25.3 Å². The molecule has 2 aromatic rings. The Balaban J connectivity index is 1.31. The third-order valence-corrected chi connectivity index (χ3v) is 5.96. The molecule has 2 aromatic heterocycles. The number of rotatable bonds is 5. The first-order chi connectivity index (χ1) is 14.1. The lowest BCUT2D eigenvalue weighted by Crippen LogP contribution is -2.48. The van der Waals surface area contributed by atoms with E-state index < -0.39 is 6.04 Å². The number of carbonyl (C=O) groups excluding carboxylic acids is 2. The maximum absolute atomic E-state index is 12.8. The Labute approximate surface area is 170 Å². The van der Waals surface area contributed by atoms with Gasteiger partial charge in [0.15, 0.2) is 5.69 Å². The van der Waals surface area contributed by atoms with Crippen LogP contribution >= 0.6 is 0 Å².